The van der Waals surface area contributed by atoms with Crippen LogP contribution in [-0.4, -0.2) is 36.9 Å². The number of halogens is 1. The van der Waals surface area contributed by atoms with Crippen molar-refractivity contribution in [1.82, 2.24) is 5.32 Å². The molecule has 0 amide bonds. The molecular formula is C23H35FN2O2. The predicted octanol–water partition coefficient (Wildman–Crippen LogP) is 4.28. The van der Waals surface area contributed by atoms with Crippen molar-refractivity contribution in [2.75, 3.05) is 13.1 Å². The highest BCUT2D eigenvalue weighted by Gasteiger charge is 2.63. The Morgan fingerprint density at radius 3 is 2.79 bits per heavy atom. The zero-order valence-electron chi connectivity index (χ0n) is 17.4. The van der Waals surface area contributed by atoms with Gasteiger partial charge in [0.15, 0.2) is 0 Å². The maximum atomic E-state index is 14.9. The van der Waals surface area contributed by atoms with Gasteiger partial charge in [0.05, 0.1) is 5.71 Å². The minimum atomic E-state index is -0.917. The minimum Gasteiger partial charge on any atom is -0.391 e. The Labute approximate surface area is 168 Å². The molecule has 0 spiro atoms. The molecule has 5 heteroatoms. The van der Waals surface area contributed by atoms with E-state index in [0.29, 0.717) is 17.8 Å². The van der Waals surface area contributed by atoms with Crippen LogP contribution >= 0.6 is 0 Å². The Hall–Kier alpha value is -0.970. The van der Waals surface area contributed by atoms with Crippen LogP contribution in [-0.2, 0) is 9.63 Å². The molecule has 4 saturated carbocycles. The van der Waals surface area contributed by atoms with E-state index in [2.05, 4.69) is 24.3 Å². The molecule has 4 nitrogen and oxygen atoms in total. The molecule has 5 aliphatic rings. The molecule has 0 aromatic carbocycles. The van der Waals surface area contributed by atoms with Crippen LogP contribution in [0.4, 0.5) is 4.39 Å². The fourth-order valence-corrected chi connectivity index (χ4v) is 7.79. The Balaban J connectivity index is 1.32. The average Bonchev–Trinajstić information content (AvgIpc) is 3.26. The summed E-state index contributed by atoms with van der Waals surface area (Å²) >= 11 is 0. The van der Waals surface area contributed by atoms with Crippen LogP contribution in [0.2, 0.25) is 0 Å². The molecule has 8 atom stereocenters. The molecule has 28 heavy (non-hydrogen) atoms. The van der Waals surface area contributed by atoms with Gasteiger partial charge in [-0.3, -0.25) is 4.79 Å². The van der Waals surface area contributed by atoms with Crippen molar-refractivity contribution in [3.05, 3.63) is 0 Å². The fraction of sp³-hybridized carbons (Fsp3) is 0.913. The van der Waals surface area contributed by atoms with Gasteiger partial charge in [-0.05, 0) is 74.7 Å². The number of nitrogens with zero attached hydrogens (tertiary/aromatic N) is 1. The van der Waals surface area contributed by atoms with Crippen LogP contribution in [0, 0.1) is 34.5 Å². The number of fused-ring (bicyclic) bond motifs is 5. The van der Waals surface area contributed by atoms with Gasteiger partial charge in [-0.2, -0.15) is 0 Å². The van der Waals surface area contributed by atoms with Crippen molar-refractivity contribution in [2.45, 2.75) is 83.9 Å². The molecule has 1 aliphatic heterocycles. The van der Waals surface area contributed by atoms with Crippen molar-refractivity contribution in [2.24, 2.45) is 39.7 Å². The van der Waals surface area contributed by atoms with E-state index >= 15 is 0 Å². The number of carbonyl (C=O) groups is 1. The molecule has 0 aromatic rings. The summed E-state index contributed by atoms with van der Waals surface area (Å²) in [6.07, 6.45) is 7.93. The monoisotopic (exact) mass is 390 g/mol. The molecule has 5 fully saturated rings. The number of rotatable bonds is 2. The summed E-state index contributed by atoms with van der Waals surface area (Å²) in [5.41, 5.74) is 1.10. The van der Waals surface area contributed by atoms with Crippen LogP contribution in [0.15, 0.2) is 5.16 Å². The number of nitrogens with one attached hydrogen (secondary N) is 1. The largest absolute Gasteiger partial charge is 0.391 e. The maximum Gasteiger partial charge on any atom is 0.142 e. The van der Waals surface area contributed by atoms with Gasteiger partial charge >= 0.3 is 0 Å². The van der Waals surface area contributed by atoms with Gasteiger partial charge in [-0.15, -0.1) is 0 Å². The van der Waals surface area contributed by atoms with Crippen LogP contribution in [0.5, 0.6) is 0 Å². The van der Waals surface area contributed by atoms with Crippen LogP contribution < -0.4 is 5.32 Å². The van der Waals surface area contributed by atoms with Crippen molar-refractivity contribution in [1.29, 1.82) is 0 Å². The molecular weight excluding hydrogens is 355 g/mol. The third kappa shape index (κ3) is 2.79. The standard InChI is InChI=1S/C23H35FN2O2/c1-22-8-5-15(26-28-16-7-10-25-13-16)11-14(22)3-4-17-18(22)6-9-23(2)20(27)12-19(24)21(17)23/h14,16-19,21,25H,3-13H2,1-2H3/b26-15+/t14?,16?,17?,18?,19?,21?,22-,23+/m0/s1. The van der Waals surface area contributed by atoms with Crippen molar-refractivity contribution >= 4 is 11.5 Å². The maximum absolute atomic E-state index is 14.9. The molecule has 1 saturated heterocycles. The smallest absolute Gasteiger partial charge is 0.142 e. The summed E-state index contributed by atoms with van der Waals surface area (Å²) < 4.78 is 14.9. The molecule has 156 valence electrons. The lowest BCUT2D eigenvalue weighted by atomic mass is 9.45. The molecule has 5 rings (SSSR count). The van der Waals surface area contributed by atoms with E-state index in [9.17, 15) is 9.18 Å². The second kappa shape index (κ2) is 6.78. The molecule has 1 N–H and O–H groups in total. The minimum absolute atomic E-state index is 0.0372. The average molecular weight is 391 g/mol. The van der Waals surface area contributed by atoms with E-state index in [1.807, 2.05) is 0 Å². The Morgan fingerprint density at radius 2 is 2.00 bits per heavy atom. The molecule has 0 aromatic heterocycles. The zero-order chi connectivity index (χ0) is 19.5. The van der Waals surface area contributed by atoms with E-state index in [1.165, 1.54) is 5.71 Å². The normalized spacial score (nSPS) is 52.2. The highest BCUT2D eigenvalue weighted by molar-refractivity contribution is 5.88. The highest BCUT2D eigenvalue weighted by Crippen LogP contribution is 2.65. The fourth-order valence-electron chi connectivity index (χ4n) is 7.79. The number of ketones is 1. The van der Waals surface area contributed by atoms with Crippen LogP contribution in [0.3, 0.4) is 0 Å². The van der Waals surface area contributed by atoms with E-state index in [-0.39, 0.29) is 29.6 Å². The summed E-state index contributed by atoms with van der Waals surface area (Å²) in [5.74, 6) is 1.74. The number of Topliss-reactive ketones (excluding diaryl/α,β-unsaturated/α-hetero) is 1. The van der Waals surface area contributed by atoms with E-state index < -0.39 is 11.6 Å². The van der Waals surface area contributed by atoms with E-state index in [4.69, 9.17) is 4.84 Å². The zero-order valence-corrected chi connectivity index (χ0v) is 17.4. The number of hydrogen-bond donors (Lipinski definition) is 1. The van der Waals surface area contributed by atoms with Gasteiger partial charge in [0.1, 0.15) is 18.1 Å². The van der Waals surface area contributed by atoms with Gasteiger partial charge in [0.25, 0.3) is 0 Å². The predicted molar refractivity (Wildman–Crippen MR) is 107 cm³/mol. The van der Waals surface area contributed by atoms with Gasteiger partial charge in [0.2, 0.25) is 0 Å². The van der Waals surface area contributed by atoms with E-state index in [1.54, 1.807) is 0 Å². The SMILES string of the molecule is C[C@]12CC/C(=N\OC3CCNC3)CC1CCC1C2CC[C@]2(C)C(=O)CC(F)C12. The van der Waals surface area contributed by atoms with Gasteiger partial charge in [-0.1, -0.05) is 19.0 Å². The summed E-state index contributed by atoms with van der Waals surface area (Å²) in [6, 6.07) is 0. The molecule has 1 heterocycles. The van der Waals surface area contributed by atoms with Crippen molar-refractivity contribution in [3.8, 4) is 0 Å². The lowest BCUT2D eigenvalue weighted by Crippen LogP contribution is -2.54. The first-order chi connectivity index (χ1) is 13.4. The van der Waals surface area contributed by atoms with E-state index in [0.717, 1.165) is 64.5 Å². The Morgan fingerprint density at radius 1 is 1.14 bits per heavy atom. The molecule has 0 bridgehead atoms. The Bertz CT molecular complexity index is 676. The highest BCUT2D eigenvalue weighted by atomic mass is 19.1. The summed E-state index contributed by atoms with van der Waals surface area (Å²) in [7, 11) is 0. The second-order valence-corrected chi connectivity index (χ2v) is 10.8. The number of oxime groups is 1. The molecule has 0 radical (unpaired) electrons. The van der Waals surface area contributed by atoms with Crippen molar-refractivity contribution < 1.29 is 14.0 Å². The number of carbonyl (C=O) groups excluding carboxylic acids is 1. The van der Waals surface area contributed by atoms with Crippen LogP contribution in [0.25, 0.3) is 0 Å². The van der Waals surface area contributed by atoms with Gasteiger partial charge in [0, 0.05) is 30.7 Å². The first-order valence-corrected chi connectivity index (χ1v) is 11.5. The molecule has 6 unspecified atom stereocenters. The summed E-state index contributed by atoms with van der Waals surface area (Å²) in [5, 5.41) is 7.87. The summed E-state index contributed by atoms with van der Waals surface area (Å²) in [4.78, 5) is 18.3. The lowest BCUT2D eigenvalue weighted by molar-refractivity contribution is -0.138. The van der Waals surface area contributed by atoms with Gasteiger partial charge in [-0.25, -0.2) is 4.39 Å². The number of alkyl halides is 1. The topological polar surface area (TPSA) is 50.7 Å². The third-order valence-electron chi connectivity index (χ3n) is 9.50. The first-order valence-electron chi connectivity index (χ1n) is 11.5. The van der Waals surface area contributed by atoms with Crippen LogP contribution in [0.1, 0.15) is 71.6 Å². The van der Waals surface area contributed by atoms with Crippen molar-refractivity contribution in [3.63, 3.8) is 0 Å². The number of hydrogen-bond acceptors (Lipinski definition) is 4. The summed E-state index contributed by atoms with van der Waals surface area (Å²) in [6.45, 7) is 6.45. The third-order valence-corrected chi connectivity index (χ3v) is 9.50. The lowest BCUT2D eigenvalue weighted by Gasteiger charge is -2.59. The first kappa shape index (κ1) is 19.0. The molecule has 4 aliphatic carbocycles. The van der Waals surface area contributed by atoms with Gasteiger partial charge < -0.3 is 10.2 Å². The Kier molecular flexibility index (Phi) is 4.61. The second-order valence-electron chi connectivity index (χ2n) is 10.8. The quantitative estimate of drug-likeness (QED) is 0.716.